The van der Waals surface area contributed by atoms with E-state index in [4.69, 9.17) is 20.8 Å². The summed E-state index contributed by atoms with van der Waals surface area (Å²) in [5.74, 6) is 0.242. The lowest BCUT2D eigenvalue weighted by atomic mass is 10.0. The van der Waals surface area contributed by atoms with Gasteiger partial charge in [-0.15, -0.1) is 0 Å². The Hall–Kier alpha value is -3.57. The highest BCUT2D eigenvalue weighted by Gasteiger charge is 2.11. The predicted octanol–water partition coefficient (Wildman–Crippen LogP) is 5.37. The number of carbonyl (C=O) groups is 1. The van der Waals surface area contributed by atoms with Crippen molar-refractivity contribution in [3.63, 3.8) is 0 Å². The molecule has 0 bridgehead atoms. The van der Waals surface area contributed by atoms with Gasteiger partial charge in [0.05, 0.1) is 17.7 Å². The van der Waals surface area contributed by atoms with Crippen LogP contribution in [0, 0.1) is 0 Å². The maximum atomic E-state index is 12.5. The summed E-state index contributed by atoms with van der Waals surface area (Å²) in [7, 11) is 1.52. The van der Waals surface area contributed by atoms with Crippen LogP contribution in [0.15, 0.2) is 82.0 Å². The number of anilines is 1. The molecular weight excluding hydrogens is 390 g/mol. The van der Waals surface area contributed by atoms with Crippen LogP contribution in [0.1, 0.15) is 10.4 Å². The van der Waals surface area contributed by atoms with Crippen molar-refractivity contribution in [1.82, 2.24) is 0 Å². The largest absolute Gasteiger partial charge is 0.495 e. The number of amides is 1. The van der Waals surface area contributed by atoms with E-state index in [0.29, 0.717) is 38.7 Å². The number of benzene rings is 3. The van der Waals surface area contributed by atoms with Gasteiger partial charge in [-0.05, 0) is 48.0 Å². The van der Waals surface area contributed by atoms with E-state index in [-0.39, 0.29) is 5.91 Å². The zero-order valence-electron chi connectivity index (χ0n) is 15.4. The summed E-state index contributed by atoms with van der Waals surface area (Å²) in [6.07, 6.45) is 0. The van der Waals surface area contributed by atoms with Crippen molar-refractivity contribution < 1.29 is 13.9 Å². The van der Waals surface area contributed by atoms with Gasteiger partial charge >= 0.3 is 5.63 Å². The van der Waals surface area contributed by atoms with Gasteiger partial charge in [0.1, 0.15) is 11.3 Å². The second-order valence-corrected chi connectivity index (χ2v) is 6.77. The maximum Gasteiger partial charge on any atom is 0.344 e. The Kier molecular flexibility index (Phi) is 5.06. The highest BCUT2D eigenvalue weighted by Crippen LogP contribution is 2.27. The number of hydrogen-bond donors (Lipinski definition) is 1. The number of halogens is 1. The first-order valence-electron chi connectivity index (χ1n) is 8.83. The van der Waals surface area contributed by atoms with Gasteiger partial charge in [0, 0.05) is 16.6 Å². The molecular formula is C23H16ClNO4. The molecule has 4 aromatic rings. The second-order valence-electron chi connectivity index (χ2n) is 6.37. The van der Waals surface area contributed by atoms with E-state index in [0.717, 1.165) is 5.39 Å². The number of fused-ring (bicyclic) bond motifs is 1. The van der Waals surface area contributed by atoms with Crippen molar-refractivity contribution in [2.45, 2.75) is 0 Å². The van der Waals surface area contributed by atoms with Crippen LogP contribution in [-0.4, -0.2) is 13.0 Å². The Labute approximate surface area is 171 Å². The van der Waals surface area contributed by atoms with E-state index < -0.39 is 5.63 Å². The third-order valence-electron chi connectivity index (χ3n) is 4.51. The number of hydrogen-bond acceptors (Lipinski definition) is 4. The first kappa shape index (κ1) is 18.8. The molecule has 4 rings (SSSR count). The fourth-order valence-electron chi connectivity index (χ4n) is 3.01. The molecule has 0 spiro atoms. The van der Waals surface area contributed by atoms with Crippen molar-refractivity contribution in [1.29, 1.82) is 0 Å². The van der Waals surface area contributed by atoms with Gasteiger partial charge in [0.25, 0.3) is 5.91 Å². The van der Waals surface area contributed by atoms with E-state index in [2.05, 4.69) is 5.32 Å². The summed E-state index contributed by atoms with van der Waals surface area (Å²) in [5, 5.41) is 4.03. The van der Waals surface area contributed by atoms with Crippen molar-refractivity contribution in [3.05, 3.63) is 93.8 Å². The minimum absolute atomic E-state index is 0.289. The highest BCUT2D eigenvalue weighted by molar-refractivity contribution is 6.32. The minimum Gasteiger partial charge on any atom is -0.495 e. The minimum atomic E-state index is -0.422. The monoisotopic (exact) mass is 405 g/mol. The summed E-state index contributed by atoms with van der Waals surface area (Å²) in [5.41, 5.74) is 2.24. The van der Waals surface area contributed by atoms with Crippen LogP contribution >= 0.6 is 11.6 Å². The maximum absolute atomic E-state index is 12.5. The molecule has 0 unspecified atom stereocenters. The van der Waals surface area contributed by atoms with Crippen molar-refractivity contribution in [3.8, 4) is 16.9 Å². The molecule has 1 amide bonds. The fourth-order valence-corrected chi connectivity index (χ4v) is 3.27. The Bertz CT molecular complexity index is 1260. The topological polar surface area (TPSA) is 68.5 Å². The lowest BCUT2D eigenvalue weighted by Gasteiger charge is -2.09. The van der Waals surface area contributed by atoms with Gasteiger partial charge in [-0.3, -0.25) is 4.79 Å². The molecule has 0 fully saturated rings. The highest BCUT2D eigenvalue weighted by atomic mass is 35.5. The number of para-hydroxylation sites is 1. The standard InChI is InChI=1S/C23H16ClNO4/c1-28-21-11-10-17(13-19(21)24)25-22(26)15-8-6-14(7-9-15)18-12-16-4-2-3-5-20(16)29-23(18)27/h2-13H,1H3,(H,25,26). The van der Waals surface area contributed by atoms with E-state index in [1.54, 1.807) is 54.6 Å². The van der Waals surface area contributed by atoms with Crippen LogP contribution in [0.25, 0.3) is 22.1 Å². The van der Waals surface area contributed by atoms with Crippen molar-refractivity contribution in [2.75, 3.05) is 12.4 Å². The molecule has 5 nitrogen and oxygen atoms in total. The number of nitrogens with one attached hydrogen (secondary N) is 1. The van der Waals surface area contributed by atoms with Crippen molar-refractivity contribution >= 4 is 34.2 Å². The molecule has 1 aromatic heterocycles. The molecule has 0 saturated heterocycles. The predicted molar refractivity (Wildman–Crippen MR) is 114 cm³/mol. The summed E-state index contributed by atoms with van der Waals surface area (Å²) in [6.45, 7) is 0. The van der Waals surface area contributed by atoms with Gasteiger partial charge in [-0.1, -0.05) is 41.9 Å². The van der Waals surface area contributed by atoms with Crippen LogP contribution in [0.5, 0.6) is 5.75 Å². The summed E-state index contributed by atoms with van der Waals surface area (Å²) in [6, 6.07) is 20.9. The Morgan fingerprint density at radius 1 is 1.00 bits per heavy atom. The zero-order valence-corrected chi connectivity index (χ0v) is 16.2. The van der Waals surface area contributed by atoms with Gasteiger partial charge in [0.15, 0.2) is 0 Å². The molecule has 1 N–H and O–H groups in total. The van der Waals surface area contributed by atoms with Gasteiger partial charge < -0.3 is 14.5 Å². The van der Waals surface area contributed by atoms with Crippen LogP contribution in [0.4, 0.5) is 5.69 Å². The van der Waals surface area contributed by atoms with E-state index in [1.165, 1.54) is 7.11 Å². The third kappa shape index (κ3) is 3.86. The van der Waals surface area contributed by atoms with Crippen LogP contribution in [0.3, 0.4) is 0 Å². The summed E-state index contributed by atoms with van der Waals surface area (Å²) in [4.78, 5) is 24.8. The molecule has 29 heavy (non-hydrogen) atoms. The number of carbonyl (C=O) groups excluding carboxylic acids is 1. The molecule has 144 valence electrons. The summed E-state index contributed by atoms with van der Waals surface area (Å²) < 4.78 is 10.5. The molecule has 0 aliphatic carbocycles. The molecule has 0 radical (unpaired) electrons. The quantitative estimate of drug-likeness (QED) is 0.463. The Morgan fingerprint density at radius 3 is 2.48 bits per heavy atom. The van der Waals surface area contributed by atoms with Crippen LogP contribution < -0.4 is 15.7 Å². The second kappa shape index (κ2) is 7.81. The summed E-state index contributed by atoms with van der Waals surface area (Å²) >= 11 is 6.09. The molecule has 0 aliphatic heterocycles. The van der Waals surface area contributed by atoms with E-state index >= 15 is 0 Å². The fraction of sp³-hybridized carbons (Fsp3) is 0.0435. The Morgan fingerprint density at radius 2 is 1.76 bits per heavy atom. The van der Waals surface area contributed by atoms with Crippen LogP contribution in [-0.2, 0) is 0 Å². The van der Waals surface area contributed by atoms with Crippen LogP contribution in [0.2, 0.25) is 5.02 Å². The normalized spacial score (nSPS) is 10.7. The number of methoxy groups -OCH3 is 1. The molecule has 3 aromatic carbocycles. The van der Waals surface area contributed by atoms with Crippen molar-refractivity contribution in [2.24, 2.45) is 0 Å². The average Bonchev–Trinajstić information content (AvgIpc) is 2.73. The first-order valence-corrected chi connectivity index (χ1v) is 9.21. The lowest BCUT2D eigenvalue weighted by Crippen LogP contribution is -2.12. The van der Waals surface area contributed by atoms with Gasteiger partial charge in [-0.25, -0.2) is 4.79 Å². The third-order valence-corrected chi connectivity index (χ3v) is 4.80. The molecule has 0 aliphatic rings. The zero-order chi connectivity index (χ0) is 20.4. The van der Waals surface area contributed by atoms with E-state index in [1.807, 2.05) is 18.2 Å². The van der Waals surface area contributed by atoms with Gasteiger partial charge in [-0.2, -0.15) is 0 Å². The SMILES string of the molecule is COc1ccc(NC(=O)c2ccc(-c3cc4ccccc4oc3=O)cc2)cc1Cl. The molecule has 0 atom stereocenters. The molecule has 0 saturated carbocycles. The van der Waals surface area contributed by atoms with Gasteiger partial charge in [0.2, 0.25) is 0 Å². The Balaban J connectivity index is 1.58. The molecule has 1 heterocycles. The number of rotatable bonds is 4. The average molecular weight is 406 g/mol. The smallest absolute Gasteiger partial charge is 0.344 e. The number of ether oxygens (including phenoxy) is 1. The lowest BCUT2D eigenvalue weighted by molar-refractivity contribution is 0.102. The first-order chi connectivity index (χ1) is 14.0. The van der Waals surface area contributed by atoms with E-state index in [9.17, 15) is 9.59 Å². The molecule has 6 heteroatoms.